The van der Waals surface area contributed by atoms with Crippen molar-refractivity contribution in [1.82, 2.24) is 10.4 Å². The van der Waals surface area contributed by atoms with E-state index in [-0.39, 0.29) is 18.7 Å². The maximum atomic E-state index is 12.2. The number of rotatable bonds is 7. The molecule has 150 valence electrons. The van der Waals surface area contributed by atoms with Crippen LogP contribution in [-0.4, -0.2) is 48.8 Å². The van der Waals surface area contributed by atoms with Crippen molar-refractivity contribution in [3.63, 3.8) is 0 Å². The van der Waals surface area contributed by atoms with Crippen molar-refractivity contribution in [2.45, 2.75) is 6.42 Å². The number of hydrogen-bond donors (Lipinski definition) is 1. The standard InChI is InChI=1S/C21H20N2O6/c1-28-17-9-7-14(8-10-17)18(24)13-29-21(27)16-11-19(25)23(12-16)22-20(26)15-5-3-2-4-6-15/h2-10,16H,11-13H2,1H3,(H,22,26)/t16-/m0/s1. The molecule has 0 aromatic heterocycles. The molecular formula is C21H20N2O6. The highest BCUT2D eigenvalue weighted by molar-refractivity contribution is 5.99. The zero-order valence-electron chi connectivity index (χ0n) is 15.8. The first-order valence-corrected chi connectivity index (χ1v) is 8.98. The van der Waals surface area contributed by atoms with Gasteiger partial charge in [-0.05, 0) is 36.4 Å². The first-order chi connectivity index (χ1) is 14.0. The Labute approximate surface area is 167 Å². The lowest BCUT2D eigenvalue weighted by molar-refractivity contribution is -0.147. The number of carbonyl (C=O) groups excluding carboxylic acids is 4. The summed E-state index contributed by atoms with van der Waals surface area (Å²) in [5.74, 6) is -1.99. The van der Waals surface area contributed by atoms with E-state index in [0.29, 0.717) is 16.9 Å². The molecule has 2 amide bonds. The zero-order chi connectivity index (χ0) is 20.8. The van der Waals surface area contributed by atoms with Gasteiger partial charge in [0.25, 0.3) is 5.91 Å². The molecule has 1 aliphatic heterocycles. The number of nitrogens with zero attached hydrogens (tertiary/aromatic N) is 1. The Hall–Kier alpha value is -3.68. The van der Waals surface area contributed by atoms with Gasteiger partial charge in [-0.2, -0.15) is 0 Å². The van der Waals surface area contributed by atoms with Gasteiger partial charge in [-0.1, -0.05) is 18.2 Å². The van der Waals surface area contributed by atoms with E-state index < -0.39 is 30.3 Å². The molecule has 0 spiro atoms. The van der Waals surface area contributed by atoms with Crippen LogP contribution in [0.3, 0.4) is 0 Å². The van der Waals surface area contributed by atoms with Gasteiger partial charge < -0.3 is 9.47 Å². The van der Waals surface area contributed by atoms with Gasteiger partial charge in [-0.25, -0.2) is 0 Å². The molecule has 3 rings (SSSR count). The third-order valence-electron chi connectivity index (χ3n) is 4.49. The highest BCUT2D eigenvalue weighted by Crippen LogP contribution is 2.18. The quantitative estimate of drug-likeness (QED) is 0.564. The van der Waals surface area contributed by atoms with Gasteiger partial charge >= 0.3 is 5.97 Å². The summed E-state index contributed by atoms with van der Waals surface area (Å²) in [6, 6.07) is 14.9. The average molecular weight is 396 g/mol. The second-order valence-corrected chi connectivity index (χ2v) is 6.47. The first kappa shape index (κ1) is 20.1. The average Bonchev–Trinajstić information content (AvgIpc) is 3.12. The number of ether oxygens (including phenoxy) is 2. The summed E-state index contributed by atoms with van der Waals surface area (Å²) in [5.41, 5.74) is 3.28. The summed E-state index contributed by atoms with van der Waals surface area (Å²) >= 11 is 0. The molecule has 0 bridgehead atoms. The molecule has 1 atom stereocenters. The Morgan fingerprint density at radius 3 is 2.38 bits per heavy atom. The fraction of sp³-hybridized carbons (Fsp3) is 0.238. The third kappa shape index (κ3) is 4.98. The number of Topliss-reactive ketones (excluding diaryl/α,β-unsaturated/α-hetero) is 1. The number of nitrogens with one attached hydrogen (secondary N) is 1. The molecule has 1 fully saturated rings. The van der Waals surface area contributed by atoms with E-state index >= 15 is 0 Å². The van der Waals surface area contributed by atoms with E-state index in [2.05, 4.69) is 5.43 Å². The van der Waals surface area contributed by atoms with Crippen LogP contribution in [0.2, 0.25) is 0 Å². The summed E-state index contributed by atoms with van der Waals surface area (Å²) in [6.07, 6.45) is -0.0926. The van der Waals surface area contributed by atoms with Crippen LogP contribution >= 0.6 is 0 Å². The number of benzene rings is 2. The van der Waals surface area contributed by atoms with Crippen LogP contribution < -0.4 is 10.2 Å². The Kier molecular flexibility index (Phi) is 6.23. The normalized spacial score (nSPS) is 15.7. The molecular weight excluding hydrogens is 376 g/mol. The van der Waals surface area contributed by atoms with E-state index in [1.54, 1.807) is 54.6 Å². The van der Waals surface area contributed by atoms with Crippen LogP contribution in [0, 0.1) is 5.92 Å². The molecule has 2 aromatic carbocycles. The molecule has 0 saturated carbocycles. The van der Waals surface area contributed by atoms with E-state index in [0.717, 1.165) is 5.01 Å². The van der Waals surface area contributed by atoms with Crippen molar-refractivity contribution in [1.29, 1.82) is 0 Å². The van der Waals surface area contributed by atoms with E-state index in [9.17, 15) is 19.2 Å². The van der Waals surface area contributed by atoms with E-state index in [4.69, 9.17) is 9.47 Å². The minimum atomic E-state index is -0.748. The van der Waals surface area contributed by atoms with Crippen LogP contribution in [0.1, 0.15) is 27.1 Å². The van der Waals surface area contributed by atoms with Gasteiger partial charge in [0.15, 0.2) is 12.4 Å². The monoisotopic (exact) mass is 396 g/mol. The van der Waals surface area contributed by atoms with Crippen molar-refractivity contribution in [2.75, 3.05) is 20.3 Å². The van der Waals surface area contributed by atoms with E-state index in [1.165, 1.54) is 7.11 Å². The zero-order valence-corrected chi connectivity index (χ0v) is 15.8. The molecule has 0 unspecified atom stereocenters. The van der Waals surface area contributed by atoms with Crippen LogP contribution in [0.25, 0.3) is 0 Å². The number of hydrogen-bond acceptors (Lipinski definition) is 6. The van der Waals surface area contributed by atoms with Gasteiger partial charge in [0, 0.05) is 17.5 Å². The summed E-state index contributed by atoms with van der Waals surface area (Å²) in [4.78, 5) is 48.7. The molecule has 1 saturated heterocycles. The van der Waals surface area contributed by atoms with E-state index in [1.807, 2.05) is 0 Å². The summed E-state index contributed by atoms with van der Waals surface area (Å²) in [6.45, 7) is -0.431. The van der Waals surface area contributed by atoms with Crippen LogP contribution in [0.4, 0.5) is 0 Å². The lowest BCUT2D eigenvalue weighted by Crippen LogP contribution is -2.43. The molecule has 0 radical (unpaired) electrons. The largest absolute Gasteiger partial charge is 0.497 e. The first-order valence-electron chi connectivity index (χ1n) is 8.98. The minimum absolute atomic E-state index is 0.00698. The fourth-order valence-electron chi connectivity index (χ4n) is 2.87. The summed E-state index contributed by atoms with van der Waals surface area (Å²) in [7, 11) is 1.52. The van der Waals surface area contributed by atoms with Gasteiger partial charge in [-0.3, -0.25) is 29.6 Å². The summed E-state index contributed by atoms with van der Waals surface area (Å²) < 4.78 is 10.1. The Balaban J connectivity index is 1.50. The molecule has 1 heterocycles. The summed E-state index contributed by atoms with van der Waals surface area (Å²) in [5, 5.41) is 1.10. The van der Waals surface area contributed by atoms with Crippen molar-refractivity contribution in [3.8, 4) is 5.75 Å². The molecule has 1 aliphatic rings. The van der Waals surface area contributed by atoms with Gasteiger partial charge in [0.1, 0.15) is 5.75 Å². The number of esters is 1. The number of methoxy groups -OCH3 is 1. The molecule has 29 heavy (non-hydrogen) atoms. The predicted octanol–water partition coefficient (Wildman–Crippen LogP) is 1.61. The van der Waals surface area contributed by atoms with Crippen molar-refractivity contribution >= 4 is 23.6 Å². The number of ketones is 1. The Bertz CT molecular complexity index is 911. The highest BCUT2D eigenvalue weighted by atomic mass is 16.5. The molecule has 8 heteroatoms. The van der Waals surface area contributed by atoms with Gasteiger partial charge in [0.2, 0.25) is 5.91 Å². The maximum absolute atomic E-state index is 12.2. The van der Waals surface area contributed by atoms with Crippen molar-refractivity contribution < 1.29 is 28.7 Å². The van der Waals surface area contributed by atoms with Crippen LogP contribution in [0.15, 0.2) is 54.6 Å². The minimum Gasteiger partial charge on any atom is -0.497 e. The predicted molar refractivity (Wildman–Crippen MR) is 102 cm³/mol. The molecule has 0 aliphatic carbocycles. The van der Waals surface area contributed by atoms with Crippen LogP contribution in [-0.2, 0) is 14.3 Å². The lowest BCUT2D eigenvalue weighted by atomic mass is 10.1. The maximum Gasteiger partial charge on any atom is 0.311 e. The molecule has 8 nitrogen and oxygen atoms in total. The lowest BCUT2D eigenvalue weighted by Gasteiger charge is -2.17. The number of amides is 2. The van der Waals surface area contributed by atoms with Gasteiger partial charge in [-0.15, -0.1) is 0 Å². The third-order valence-corrected chi connectivity index (χ3v) is 4.49. The highest BCUT2D eigenvalue weighted by Gasteiger charge is 2.36. The SMILES string of the molecule is COc1ccc(C(=O)COC(=O)[C@H]2CC(=O)N(NC(=O)c3ccccc3)C2)cc1. The fourth-order valence-corrected chi connectivity index (χ4v) is 2.87. The van der Waals surface area contributed by atoms with Crippen LogP contribution in [0.5, 0.6) is 5.75 Å². The van der Waals surface area contributed by atoms with Crippen molar-refractivity contribution in [3.05, 3.63) is 65.7 Å². The molecule has 1 N–H and O–H groups in total. The number of hydrazine groups is 1. The Morgan fingerprint density at radius 2 is 1.72 bits per heavy atom. The topological polar surface area (TPSA) is 102 Å². The van der Waals surface area contributed by atoms with Gasteiger partial charge in [0.05, 0.1) is 19.6 Å². The van der Waals surface area contributed by atoms with Crippen molar-refractivity contribution in [2.24, 2.45) is 5.92 Å². The smallest absolute Gasteiger partial charge is 0.311 e. The molecule has 2 aromatic rings. The second kappa shape index (κ2) is 9.01. The number of carbonyl (C=O) groups is 4. The Morgan fingerprint density at radius 1 is 1.03 bits per heavy atom. The second-order valence-electron chi connectivity index (χ2n) is 6.47.